The molecule has 6 heteroatoms. The lowest BCUT2D eigenvalue weighted by Crippen LogP contribution is -2.50. The molecule has 2 aromatic rings. The van der Waals surface area contributed by atoms with Crippen LogP contribution in [-0.4, -0.2) is 61.6 Å². The number of amides is 1. The zero-order valence-electron chi connectivity index (χ0n) is 15.4. The number of halogens is 1. The summed E-state index contributed by atoms with van der Waals surface area (Å²) in [5.74, 6) is 0.0187. The summed E-state index contributed by atoms with van der Waals surface area (Å²) in [5.41, 5.74) is 1.10. The van der Waals surface area contributed by atoms with Crippen molar-refractivity contribution in [3.8, 4) is 5.75 Å². The molecule has 1 heterocycles. The van der Waals surface area contributed by atoms with E-state index >= 15 is 0 Å². The van der Waals surface area contributed by atoms with Crippen molar-refractivity contribution in [3.63, 3.8) is 0 Å². The minimum Gasteiger partial charge on any atom is -0.489 e. The van der Waals surface area contributed by atoms with Gasteiger partial charge in [-0.3, -0.25) is 14.6 Å². The molecule has 0 aliphatic carbocycles. The van der Waals surface area contributed by atoms with Gasteiger partial charge >= 0.3 is 0 Å². The maximum absolute atomic E-state index is 13.5. The summed E-state index contributed by atoms with van der Waals surface area (Å²) in [6, 6.07) is 16.4. The topological polar surface area (TPSA) is 44.8 Å². The highest BCUT2D eigenvalue weighted by molar-refractivity contribution is 5.78. The lowest BCUT2D eigenvalue weighted by Gasteiger charge is -2.34. The Kier molecular flexibility index (Phi) is 7.19. The third-order valence-corrected chi connectivity index (χ3v) is 4.67. The predicted molar refractivity (Wildman–Crippen MR) is 103 cm³/mol. The SMILES string of the molecule is O=C(CN1CCN(CCOc2ccccc2F)CC1)NCc1ccccc1. The standard InChI is InChI=1S/C21H26FN3O2/c22-19-8-4-5-9-20(19)27-15-14-24-10-12-25(13-11-24)17-21(26)23-16-18-6-2-1-3-7-18/h1-9H,10-17H2,(H,23,26). The average Bonchev–Trinajstić information content (AvgIpc) is 2.70. The third-order valence-electron chi connectivity index (χ3n) is 4.67. The molecule has 1 fully saturated rings. The second kappa shape index (κ2) is 10.0. The molecule has 3 rings (SSSR count). The molecule has 1 amide bonds. The summed E-state index contributed by atoms with van der Waals surface area (Å²) in [6.45, 7) is 5.65. The highest BCUT2D eigenvalue weighted by Crippen LogP contribution is 2.15. The molecule has 0 bridgehead atoms. The van der Waals surface area contributed by atoms with Crippen LogP contribution in [0.15, 0.2) is 54.6 Å². The van der Waals surface area contributed by atoms with Crippen LogP contribution in [0.25, 0.3) is 0 Å². The van der Waals surface area contributed by atoms with E-state index in [9.17, 15) is 9.18 Å². The first-order valence-corrected chi connectivity index (χ1v) is 9.33. The molecular formula is C21H26FN3O2. The zero-order chi connectivity index (χ0) is 18.9. The number of hydrogen-bond acceptors (Lipinski definition) is 4. The van der Waals surface area contributed by atoms with Gasteiger partial charge in [0.05, 0.1) is 6.54 Å². The van der Waals surface area contributed by atoms with E-state index in [1.54, 1.807) is 18.2 Å². The Morgan fingerprint density at radius 3 is 2.37 bits per heavy atom. The number of carbonyl (C=O) groups is 1. The minimum absolute atomic E-state index is 0.0511. The quantitative estimate of drug-likeness (QED) is 0.772. The van der Waals surface area contributed by atoms with E-state index in [0.29, 0.717) is 25.4 Å². The smallest absolute Gasteiger partial charge is 0.234 e. The first-order chi connectivity index (χ1) is 13.2. The summed E-state index contributed by atoms with van der Waals surface area (Å²) >= 11 is 0. The van der Waals surface area contributed by atoms with Gasteiger partial charge in [0.15, 0.2) is 11.6 Å². The number of ether oxygens (including phenoxy) is 1. The van der Waals surface area contributed by atoms with Crippen LogP contribution in [0.5, 0.6) is 5.75 Å². The van der Waals surface area contributed by atoms with Crippen molar-refractivity contribution >= 4 is 5.91 Å². The van der Waals surface area contributed by atoms with Gasteiger partial charge in [-0.05, 0) is 17.7 Å². The Balaban J connectivity index is 1.30. The van der Waals surface area contributed by atoms with Crippen molar-refractivity contribution in [2.24, 2.45) is 0 Å². The zero-order valence-corrected chi connectivity index (χ0v) is 15.4. The van der Waals surface area contributed by atoms with Crippen LogP contribution in [0.2, 0.25) is 0 Å². The largest absolute Gasteiger partial charge is 0.489 e. The molecule has 1 aliphatic rings. The molecule has 0 spiro atoms. The van der Waals surface area contributed by atoms with E-state index in [0.717, 1.165) is 38.3 Å². The Morgan fingerprint density at radius 2 is 1.63 bits per heavy atom. The van der Waals surface area contributed by atoms with Gasteiger partial charge < -0.3 is 10.1 Å². The Hall–Kier alpha value is -2.44. The molecule has 144 valence electrons. The van der Waals surface area contributed by atoms with Crippen LogP contribution in [-0.2, 0) is 11.3 Å². The van der Waals surface area contributed by atoms with E-state index in [1.165, 1.54) is 6.07 Å². The molecule has 1 saturated heterocycles. The van der Waals surface area contributed by atoms with Crippen molar-refractivity contribution in [1.82, 2.24) is 15.1 Å². The maximum Gasteiger partial charge on any atom is 0.234 e. The number of piperazine rings is 1. The van der Waals surface area contributed by atoms with Crippen LogP contribution in [0, 0.1) is 5.82 Å². The molecule has 1 N–H and O–H groups in total. The third kappa shape index (κ3) is 6.34. The molecule has 0 unspecified atom stereocenters. The minimum atomic E-state index is -0.330. The molecule has 1 aliphatic heterocycles. The van der Waals surface area contributed by atoms with Crippen molar-refractivity contribution in [3.05, 3.63) is 66.0 Å². The summed E-state index contributed by atoms with van der Waals surface area (Å²) in [5, 5.41) is 2.97. The van der Waals surface area contributed by atoms with Crippen LogP contribution < -0.4 is 10.1 Å². The number of nitrogens with one attached hydrogen (secondary N) is 1. The molecule has 0 aromatic heterocycles. The van der Waals surface area contributed by atoms with Gasteiger partial charge in [-0.1, -0.05) is 42.5 Å². The number of carbonyl (C=O) groups excluding carboxylic acids is 1. The summed E-state index contributed by atoms with van der Waals surface area (Å²) in [4.78, 5) is 16.5. The van der Waals surface area contributed by atoms with Crippen LogP contribution >= 0.6 is 0 Å². The number of para-hydroxylation sites is 1. The fourth-order valence-electron chi connectivity index (χ4n) is 3.07. The number of hydrogen-bond donors (Lipinski definition) is 1. The van der Waals surface area contributed by atoms with Crippen molar-refractivity contribution in [1.29, 1.82) is 0 Å². The van der Waals surface area contributed by atoms with Gasteiger partial charge in [0.25, 0.3) is 0 Å². The predicted octanol–water partition coefficient (Wildman–Crippen LogP) is 2.14. The summed E-state index contributed by atoms with van der Waals surface area (Å²) < 4.78 is 19.0. The Bertz CT molecular complexity index is 718. The van der Waals surface area contributed by atoms with E-state index in [2.05, 4.69) is 15.1 Å². The molecular weight excluding hydrogens is 345 g/mol. The second-order valence-corrected chi connectivity index (χ2v) is 6.66. The van der Waals surface area contributed by atoms with E-state index < -0.39 is 0 Å². The van der Waals surface area contributed by atoms with Crippen molar-refractivity contribution in [2.75, 3.05) is 45.9 Å². The van der Waals surface area contributed by atoms with Gasteiger partial charge in [-0.2, -0.15) is 0 Å². The Labute approximate surface area is 159 Å². The van der Waals surface area contributed by atoms with Crippen LogP contribution in [0.3, 0.4) is 0 Å². The van der Waals surface area contributed by atoms with E-state index in [-0.39, 0.29) is 11.7 Å². The highest BCUT2D eigenvalue weighted by Gasteiger charge is 2.18. The number of rotatable bonds is 8. The molecule has 0 atom stereocenters. The monoisotopic (exact) mass is 371 g/mol. The fraction of sp³-hybridized carbons (Fsp3) is 0.381. The highest BCUT2D eigenvalue weighted by atomic mass is 19.1. The molecule has 27 heavy (non-hydrogen) atoms. The van der Waals surface area contributed by atoms with Crippen LogP contribution in [0.1, 0.15) is 5.56 Å². The molecule has 2 aromatic carbocycles. The van der Waals surface area contributed by atoms with Crippen LogP contribution in [0.4, 0.5) is 4.39 Å². The van der Waals surface area contributed by atoms with Gasteiger partial charge in [0.2, 0.25) is 5.91 Å². The van der Waals surface area contributed by atoms with Gasteiger partial charge in [-0.25, -0.2) is 4.39 Å². The maximum atomic E-state index is 13.5. The van der Waals surface area contributed by atoms with Crippen molar-refractivity contribution in [2.45, 2.75) is 6.54 Å². The number of nitrogens with zero attached hydrogens (tertiary/aromatic N) is 2. The average molecular weight is 371 g/mol. The Morgan fingerprint density at radius 1 is 0.963 bits per heavy atom. The van der Waals surface area contributed by atoms with Crippen molar-refractivity contribution < 1.29 is 13.9 Å². The van der Waals surface area contributed by atoms with E-state index in [1.807, 2.05) is 30.3 Å². The summed E-state index contributed by atoms with van der Waals surface area (Å²) in [7, 11) is 0. The summed E-state index contributed by atoms with van der Waals surface area (Å²) in [6.07, 6.45) is 0. The van der Waals surface area contributed by atoms with Gasteiger partial charge in [-0.15, -0.1) is 0 Å². The lowest BCUT2D eigenvalue weighted by molar-refractivity contribution is -0.122. The second-order valence-electron chi connectivity index (χ2n) is 6.66. The first kappa shape index (κ1) is 19.3. The molecule has 5 nitrogen and oxygen atoms in total. The molecule has 0 saturated carbocycles. The molecule has 0 radical (unpaired) electrons. The fourth-order valence-corrected chi connectivity index (χ4v) is 3.07. The van der Waals surface area contributed by atoms with Gasteiger partial charge in [0.1, 0.15) is 6.61 Å². The van der Waals surface area contributed by atoms with Gasteiger partial charge in [0, 0.05) is 39.3 Å². The normalized spacial score (nSPS) is 15.4. The lowest BCUT2D eigenvalue weighted by atomic mass is 10.2. The van der Waals surface area contributed by atoms with E-state index in [4.69, 9.17) is 4.74 Å². The number of benzene rings is 2. The first-order valence-electron chi connectivity index (χ1n) is 9.33.